The number of fused-ring (bicyclic) bond motifs is 5. The summed E-state index contributed by atoms with van der Waals surface area (Å²) >= 11 is 0. The molecule has 0 bridgehead atoms. The van der Waals surface area contributed by atoms with Gasteiger partial charge in [-0.1, -0.05) is 65.3 Å². The predicted octanol–water partition coefficient (Wildman–Crippen LogP) is 7.80. The molecule has 30 heavy (non-hydrogen) atoms. The first kappa shape index (κ1) is 22.6. The Labute approximate surface area is 186 Å². The molecule has 0 saturated heterocycles. The van der Waals surface area contributed by atoms with E-state index in [1.54, 1.807) is 5.57 Å². The van der Waals surface area contributed by atoms with Gasteiger partial charge in [0.2, 0.25) is 0 Å². The smallest absolute Gasteiger partial charge is 0.0577 e. The first-order valence-electron chi connectivity index (χ1n) is 13.3. The van der Waals surface area contributed by atoms with E-state index in [-0.39, 0.29) is 6.10 Å². The molecule has 1 nitrogen and oxygen atoms in total. The minimum atomic E-state index is -0.0870. The Kier molecular flexibility index (Phi) is 6.35. The molecule has 3 unspecified atom stereocenters. The van der Waals surface area contributed by atoms with Crippen LogP contribution in [0.3, 0.4) is 0 Å². The lowest BCUT2D eigenvalue weighted by atomic mass is 9.47. The summed E-state index contributed by atoms with van der Waals surface area (Å²) in [5.41, 5.74) is 2.51. The van der Waals surface area contributed by atoms with Gasteiger partial charge in [-0.05, 0) is 110 Å². The first-order valence-corrected chi connectivity index (χ1v) is 13.3. The zero-order valence-corrected chi connectivity index (χ0v) is 20.7. The van der Waals surface area contributed by atoms with Crippen molar-refractivity contribution in [2.75, 3.05) is 0 Å². The molecule has 0 aromatic heterocycles. The van der Waals surface area contributed by atoms with E-state index < -0.39 is 0 Å². The van der Waals surface area contributed by atoms with Crippen LogP contribution >= 0.6 is 0 Å². The number of aliphatic hydroxyl groups is 1. The van der Waals surface area contributed by atoms with Gasteiger partial charge in [0.15, 0.2) is 0 Å². The summed E-state index contributed by atoms with van der Waals surface area (Å²) in [5.74, 6) is 5.70. The largest absolute Gasteiger partial charge is 0.393 e. The second-order valence-corrected chi connectivity index (χ2v) is 12.4. The molecule has 0 heterocycles. The van der Waals surface area contributed by atoms with Crippen molar-refractivity contribution in [3.05, 3.63) is 23.8 Å². The second-order valence-electron chi connectivity index (χ2n) is 12.4. The Morgan fingerprint density at radius 3 is 2.50 bits per heavy atom. The summed E-state index contributed by atoms with van der Waals surface area (Å²) in [6, 6.07) is 0. The molecule has 1 N–H and O–H groups in total. The molecule has 0 aliphatic heterocycles. The van der Waals surface area contributed by atoms with E-state index in [2.05, 4.69) is 59.8 Å². The quantitative estimate of drug-likeness (QED) is 0.457. The van der Waals surface area contributed by atoms with E-state index in [1.807, 2.05) is 0 Å². The lowest BCUT2D eigenvalue weighted by molar-refractivity contribution is -0.0540. The lowest BCUT2D eigenvalue weighted by Crippen LogP contribution is -2.50. The number of hydrogen-bond acceptors (Lipinski definition) is 1. The molecule has 4 rings (SSSR count). The minimum Gasteiger partial charge on any atom is -0.393 e. The highest BCUT2D eigenvalue weighted by Gasteiger charge is 2.58. The summed E-state index contributed by atoms with van der Waals surface area (Å²) in [4.78, 5) is 0. The number of hydrogen-bond donors (Lipinski definition) is 1. The third-order valence-electron chi connectivity index (χ3n) is 10.8. The summed E-state index contributed by atoms with van der Waals surface area (Å²) in [7, 11) is 0. The van der Waals surface area contributed by atoms with E-state index in [0.29, 0.717) is 16.7 Å². The Morgan fingerprint density at radius 2 is 1.80 bits per heavy atom. The summed E-state index contributed by atoms with van der Waals surface area (Å²) in [6.45, 7) is 14.8. The Hall–Kier alpha value is -0.560. The number of allylic oxidation sites excluding steroid dienone is 3. The van der Waals surface area contributed by atoms with Crippen LogP contribution in [0.1, 0.15) is 99.3 Å². The fraction of sp³-hybridized carbons (Fsp3) is 0.862. The first-order chi connectivity index (χ1) is 14.2. The van der Waals surface area contributed by atoms with Crippen molar-refractivity contribution in [2.24, 2.45) is 52.3 Å². The third kappa shape index (κ3) is 3.66. The highest BCUT2D eigenvalue weighted by atomic mass is 16.3. The minimum absolute atomic E-state index is 0.0870. The van der Waals surface area contributed by atoms with Crippen LogP contribution in [0.2, 0.25) is 0 Å². The van der Waals surface area contributed by atoms with Gasteiger partial charge in [0.25, 0.3) is 0 Å². The van der Waals surface area contributed by atoms with E-state index >= 15 is 0 Å². The molecule has 1 heteroatoms. The van der Waals surface area contributed by atoms with E-state index in [0.717, 1.165) is 48.3 Å². The summed E-state index contributed by atoms with van der Waals surface area (Å²) < 4.78 is 0. The lowest BCUT2D eigenvalue weighted by Gasteiger charge is -2.58. The normalized spacial score (nSPS) is 45.6. The molecule has 0 radical (unpaired) electrons. The molecular weight excluding hydrogens is 364 g/mol. The highest BCUT2D eigenvalue weighted by Crippen LogP contribution is 2.67. The molecular formula is C29H48O. The highest BCUT2D eigenvalue weighted by molar-refractivity contribution is 5.25. The number of rotatable bonds is 5. The molecule has 9 atom stereocenters. The standard InChI is InChI=1S/C29H48O/c1-7-21(19(2)3)9-8-20(4)25-12-13-26-24-11-10-22-18-23(30)14-16-28(22,5)27(24)15-17-29(25,26)6/h8-10,19-21,23-27,30H,7,11-18H2,1-6H3/b9-8+/t20-,21+,23+,24?,25-,26?,27?,28+,29-/m1/s1. The van der Waals surface area contributed by atoms with Crippen molar-refractivity contribution in [3.63, 3.8) is 0 Å². The van der Waals surface area contributed by atoms with Gasteiger partial charge < -0.3 is 5.11 Å². The Balaban J connectivity index is 1.52. The predicted molar refractivity (Wildman–Crippen MR) is 128 cm³/mol. The van der Waals surface area contributed by atoms with Crippen LogP contribution in [0.15, 0.2) is 23.8 Å². The van der Waals surface area contributed by atoms with Gasteiger partial charge in [-0.2, -0.15) is 0 Å². The Bertz CT molecular complexity index is 674. The maximum absolute atomic E-state index is 10.2. The molecule has 170 valence electrons. The van der Waals surface area contributed by atoms with Crippen molar-refractivity contribution in [1.82, 2.24) is 0 Å². The maximum atomic E-state index is 10.2. The van der Waals surface area contributed by atoms with Crippen LogP contribution in [-0.2, 0) is 0 Å². The summed E-state index contributed by atoms with van der Waals surface area (Å²) in [6.07, 6.45) is 19.1. The van der Waals surface area contributed by atoms with Crippen LogP contribution in [0.5, 0.6) is 0 Å². The van der Waals surface area contributed by atoms with Crippen molar-refractivity contribution < 1.29 is 5.11 Å². The van der Waals surface area contributed by atoms with Gasteiger partial charge in [0, 0.05) is 0 Å². The van der Waals surface area contributed by atoms with Crippen molar-refractivity contribution in [3.8, 4) is 0 Å². The second kappa shape index (κ2) is 8.42. The average Bonchev–Trinajstić information content (AvgIpc) is 3.06. The monoisotopic (exact) mass is 412 g/mol. The van der Waals surface area contributed by atoms with Crippen LogP contribution in [-0.4, -0.2) is 11.2 Å². The van der Waals surface area contributed by atoms with Gasteiger partial charge in [-0.3, -0.25) is 0 Å². The van der Waals surface area contributed by atoms with E-state index in [4.69, 9.17) is 0 Å². The van der Waals surface area contributed by atoms with Gasteiger partial charge >= 0.3 is 0 Å². The molecule has 0 aromatic rings. The molecule has 3 saturated carbocycles. The molecule has 3 fully saturated rings. The van der Waals surface area contributed by atoms with Crippen LogP contribution in [0, 0.1) is 52.3 Å². The third-order valence-corrected chi connectivity index (χ3v) is 10.8. The van der Waals surface area contributed by atoms with E-state index in [9.17, 15) is 5.11 Å². The van der Waals surface area contributed by atoms with Crippen LogP contribution < -0.4 is 0 Å². The zero-order valence-electron chi connectivity index (χ0n) is 20.7. The van der Waals surface area contributed by atoms with Crippen molar-refractivity contribution >= 4 is 0 Å². The van der Waals surface area contributed by atoms with Crippen molar-refractivity contribution in [1.29, 1.82) is 0 Å². The van der Waals surface area contributed by atoms with Crippen molar-refractivity contribution in [2.45, 2.75) is 105 Å². The molecule has 4 aliphatic rings. The molecule has 0 spiro atoms. The average molecular weight is 413 g/mol. The fourth-order valence-electron chi connectivity index (χ4n) is 8.83. The van der Waals surface area contributed by atoms with Crippen LogP contribution in [0.25, 0.3) is 0 Å². The maximum Gasteiger partial charge on any atom is 0.0577 e. The fourth-order valence-corrected chi connectivity index (χ4v) is 8.83. The van der Waals surface area contributed by atoms with Gasteiger partial charge in [-0.25, -0.2) is 0 Å². The van der Waals surface area contributed by atoms with Gasteiger partial charge in [0.05, 0.1) is 6.10 Å². The van der Waals surface area contributed by atoms with E-state index in [1.165, 1.54) is 44.9 Å². The Morgan fingerprint density at radius 1 is 1.03 bits per heavy atom. The van der Waals surface area contributed by atoms with Gasteiger partial charge in [-0.15, -0.1) is 0 Å². The molecule has 0 aromatic carbocycles. The summed E-state index contributed by atoms with van der Waals surface area (Å²) in [5, 5.41) is 10.2. The zero-order chi connectivity index (χ0) is 21.7. The van der Waals surface area contributed by atoms with Gasteiger partial charge in [0.1, 0.15) is 0 Å². The molecule has 4 aliphatic carbocycles. The number of aliphatic hydroxyl groups excluding tert-OH is 1. The van der Waals surface area contributed by atoms with Crippen LogP contribution in [0.4, 0.5) is 0 Å². The topological polar surface area (TPSA) is 20.2 Å². The molecule has 0 amide bonds. The SMILES string of the molecule is CC[C@@H](/C=C/[C@@H](C)[C@H]1CCC2C3CC=C4C[C@@H](O)CC[C@]4(C)C3CC[C@@]21C)C(C)C.